The number of nitrogens with zero attached hydrogens (tertiary/aromatic N) is 2. The number of benzene rings is 1. The van der Waals surface area contributed by atoms with Crippen molar-refractivity contribution in [1.82, 2.24) is 9.47 Å². The molecule has 0 saturated carbocycles. The van der Waals surface area contributed by atoms with Crippen LogP contribution in [-0.2, 0) is 19.1 Å². The topological polar surface area (TPSA) is 60.8 Å². The number of esters is 1. The maximum absolute atomic E-state index is 13.2. The summed E-state index contributed by atoms with van der Waals surface area (Å²) in [5.41, 5.74) is 6.51. The summed E-state index contributed by atoms with van der Waals surface area (Å²) >= 11 is 0. The molecule has 0 fully saturated rings. The highest BCUT2D eigenvalue weighted by atomic mass is 16.5. The Morgan fingerprint density at radius 1 is 1.06 bits per heavy atom. The first-order chi connectivity index (χ1) is 14.8. The molecule has 1 amide bonds. The van der Waals surface area contributed by atoms with Gasteiger partial charge in [-0.25, -0.2) is 4.79 Å². The molecule has 2 aromatic rings. The van der Waals surface area contributed by atoms with Crippen molar-refractivity contribution >= 4 is 18.0 Å². The van der Waals surface area contributed by atoms with Crippen LogP contribution < -0.4 is 0 Å². The second kappa shape index (κ2) is 9.35. The molecule has 0 aliphatic carbocycles. The van der Waals surface area contributed by atoms with Crippen LogP contribution in [-0.4, -0.2) is 48.7 Å². The Morgan fingerprint density at radius 2 is 1.74 bits per heavy atom. The molecule has 1 aromatic heterocycles. The van der Waals surface area contributed by atoms with Crippen molar-refractivity contribution < 1.29 is 19.1 Å². The van der Waals surface area contributed by atoms with Crippen LogP contribution in [0.25, 0.3) is 11.8 Å². The largest absolute Gasteiger partial charge is 0.465 e. The summed E-state index contributed by atoms with van der Waals surface area (Å²) in [6.07, 6.45) is 2.49. The van der Waals surface area contributed by atoms with Crippen LogP contribution in [0.4, 0.5) is 0 Å². The Morgan fingerprint density at radius 3 is 2.35 bits per heavy atom. The zero-order chi connectivity index (χ0) is 22.7. The number of rotatable bonds is 7. The molecule has 164 valence electrons. The lowest BCUT2D eigenvalue weighted by molar-refractivity contribution is -0.136. The highest BCUT2D eigenvalue weighted by Crippen LogP contribution is 2.33. The van der Waals surface area contributed by atoms with Gasteiger partial charge in [0.1, 0.15) is 0 Å². The molecular weight excluding hydrogens is 392 g/mol. The molecule has 0 radical (unpaired) electrons. The van der Waals surface area contributed by atoms with E-state index in [2.05, 4.69) is 35.8 Å². The summed E-state index contributed by atoms with van der Waals surface area (Å²) in [7, 11) is 2.96. The van der Waals surface area contributed by atoms with Crippen molar-refractivity contribution in [3.63, 3.8) is 0 Å². The van der Waals surface area contributed by atoms with E-state index in [4.69, 9.17) is 9.47 Å². The van der Waals surface area contributed by atoms with Crippen molar-refractivity contribution in [2.24, 2.45) is 0 Å². The monoisotopic (exact) mass is 422 g/mol. The molecule has 1 aromatic carbocycles. The van der Waals surface area contributed by atoms with Gasteiger partial charge < -0.3 is 18.9 Å². The van der Waals surface area contributed by atoms with E-state index in [-0.39, 0.29) is 5.91 Å². The molecular formula is C25H30N2O4. The zero-order valence-corrected chi connectivity index (χ0v) is 19.1. The summed E-state index contributed by atoms with van der Waals surface area (Å²) in [5.74, 6) is -0.687. The van der Waals surface area contributed by atoms with Crippen molar-refractivity contribution in [3.8, 4) is 5.69 Å². The Kier molecular flexibility index (Phi) is 6.81. The van der Waals surface area contributed by atoms with Gasteiger partial charge in [0.25, 0.3) is 5.91 Å². The minimum Gasteiger partial charge on any atom is -0.465 e. The third-order valence-corrected chi connectivity index (χ3v) is 5.69. The van der Waals surface area contributed by atoms with Gasteiger partial charge in [0, 0.05) is 43.0 Å². The number of amides is 1. The predicted octanol–water partition coefficient (Wildman–Crippen LogP) is 4.11. The summed E-state index contributed by atoms with van der Waals surface area (Å²) in [4.78, 5) is 27.4. The number of aryl methyl sites for hydroxylation is 2. The minimum atomic E-state index is -0.501. The van der Waals surface area contributed by atoms with Crippen molar-refractivity contribution in [1.29, 1.82) is 0 Å². The molecule has 0 bridgehead atoms. The number of aromatic nitrogens is 1. The lowest BCUT2D eigenvalue weighted by Crippen LogP contribution is -2.26. The van der Waals surface area contributed by atoms with Crippen LogP contribution in [0.3, 0.4) is 0 Å². The van der Waals surface area contributed by atoms with Crippen LogP contribution >= 0.6 is 0 Å². The number of allylic oxidation sites excluding steroid dienone is 1. The molecule has 31 heavy (non-hydrogen) atoms. The van der Waals surface area contributed by atoms with E-state index in [0.29, 0.717) is 36.4 Å². The molecule has 0 unspecified atom stereocenters. The van der Waals surface area contributed by atoms with E-state index in [1.807, 2.05) is 19.9 Å². The summed E-state index contributed by atoms with van der Waals surface area (Å²) in [6, 6.07) is 10.3. The van der Waals surface area contributed by atoms with E-state index in [1.54, 1.807) is 25.0 Å². The average Bonchev–Trinajstić information content (AvgIpc) is 3.15. The third-order valence-electron chi connectivity index (χ3n) is 5.69. The van der Waals surface area contributed by atoms with Crippen LogP contribution in [0.15, 0.2) is 47.2 Å². The predicted molar refractivity (Wildman–Crippen MR) is 121 cm³/mol. The quantitative estimate of drug-likeness (QED) is 0.383. The van der Waals surface area contributed by atoms with Gasteiger partial charge >= 0.3 is 5.97 Å². The normalized spacial score (nSPS) is 15.4. The van der Waals surface area contributed by atoms with Gasteiger partial charge in [-0.15, -0.1) is 0 Å². The fraction of sp³-hybridized carbons (Fsp3) is 0.360. The highest BCUT2D eigenvalue weighted by molar-refractivity contribution is 6.16. The average molecular weight is 423 g/mol. The smallest absolute Gasteiger partial charge is 0.340 e. The summed E-state index contributed by atoms with van der Waals surface area (Å²) in [6.45, 7) is 8.92. The van der Waals surface area contributed by atoms with Crippen LogP contribution in [0.5, 0.6) is 0 Å². The molecule has 0 spiro atoms. The van der Waals surface area contributed by atoms with Gasteiger partial charge in [-0.2, -0.15) is 0 Å². The molecule has 0 N–H and O–H groups in total. The van der Waals surface area contributed by atoms with Gasteiger partial charge in [0.05, 0.1) is 18.3 Å². The molecule has 0 saturated heterocycles. The third kappa shape index (κ3) is 4.35. The first kappa shape index (κ1) is 22.6. The summed E-state index contributed by atoms with van der Waals surface area (Å²) in [5, 5.41) is 0. The van der Waals surface area contributed by atoms with Crippen molar-refractivity contribution in [3.05, 3.63) is 69.7 Å². The molecule has 0 atom stereocenters. The Hall–Kier alpha value is -3.12. The van der Waals surface area contributed by atoms with Gasteiger partial charge in [0.2, 0.25) is 0 Å². The SMILES string of the molecule is COCCCN1C(=O)/C(=C\c2cc(C)n(-c3ccc(C)cc3)c2C)C(C(=O)OC)=C1C. The number of carbonyl (C=O) groups is 2. The lowest BCUT2D eigenvalue weighted by atomic mass is 10.0. The number of carbonyl (C=O) groups excluding carboxylic acids is 2. The standard InChI is InChI=1S/C25H30N2O4/c1-16-8-10-21(11-9-16)27-17(2)14-20(18(27)3)15-22-23(25(29)31-6)19(4)26(24(22)28)12-7-13-30-5/h8-11,14-15H,7,12-13H2,1-6H3/b22-15-. The van der Waals surface area contributed by atoms with Crippen LogP contribution in [0, 0.1) is 20.8 Å². The fourth-order valence-corrected chi connectivity index (χ4v) is 4.04. The zero-order valence-electron chi connectivity index (χ0n) is 19.1. The number of ether oxygens (including phenoxy) is 2. The molecule has 6 nitrogen and oxygen atoms in total. The van der Waals surface area contributed by atoms with Gasteiger partial charge in [-0.3, -0.25) is 4.79 Å². The lowest BCUT2D eigenvalue weighted by Gasteiger charge is -2.17. The van der Waals surface area contributed by atoms with E-state index < -0.39 is 5.97 Å². The Balaban J connectivity index is 2.05. The number of hydrogen-bond donors (Lipinski definition) is 0. The Labute approximate surface area is 183 Å². The first-order valence-corrected chi connectivity index (χ1v) is 10.4. The van der Waals surface area contributed by atoms with Crippen molar-refractivity contribution in [2.75, 3.05) is 27.4 Å². The van der Waals surface area contributed by atoms with E-state index in [0.717, 1.165) is 22.6 Å². The molecule has 1 aliphatic rings. The van der Waals surface area contributed by atoms with E-state index >= 15 is 0 Å². The highest BCUT2D eigenvalue weighted by Gasteiger charge is 2.36. The Bertz CT molecular complexity index is 1060. The maximum Gasteiger partial charge on any atom is 0.340 e. The first-order valence-electron chi connectivity index (χ1n) is 10.4. The molecule has 6 heteroatoms. The fourth-order valence-electron chi connectivity index (χ4n) is 4.04. The molecule has 2 heterocycles. The molecule has 1 aliphatic heterocycles. The second-order valence-electron chi connectivity index (χ2n) is 7.81. The summed E-state index contributed by atoms with van der Waals surface area (Å²) < 4.78 is 12.2. The molecule has 3 rings (SSSR count). The van der Waals surface area contributed by atoms with Gasteiger partial charge in [-0.05, 0) is 64.0 Å². The maximum atomic E-state index is 13.2. The van der Waals surface area contributed by atoms with Crippen molar-refractivity contribution in [2.45, 2.75) is 34.1 Å². The van der Waals surface area contributed by atoms with Crippen LogP contribution in [0.2, 0.25) is 0 Å². The number of methoxy groups -OCH3 is 2. The van der Waals surface area contributed by atoms with E-state index in [1.165, 1.54) is 12.7 Å². The van der Waals surface area contributed by atoms with Crippen LogP contribution in [0.1, 0.15) is 35.9 Å². The van der Waals surface area contributed by atoms with E-state index in [9.17, 15) is 9.59 Å². The minimum absolute atomic E-state index is 0.186. The second-order valence-corrected chi connectivity index (χ2v) is 7.81. The number of hydrogen-bond acceptors (Lipinski definition) is 4. The van der Waals surface area contributed by atoms with Gasteiger partial charge in [-0.1, -0.05) is 17.7 Å². The van der Waals surface area contributed by atoms with Gasteiger partial charge in [0.15, 0.2) is 0 Å².